The molecule has 4 rings (SSSR count). The van der Waals surface area contributed by atoms with Crippen molar-refractivity contribution in [2.45, 2.75) is 19.4 Å². The SMILES string of the molecule is COc1ccccc1N1CCN(CCCCOc2cccc(Cn3cnnn3)c2)CC1. The number of para-hydroxylation sites is 2. The lowest BCUT2D eigenvalue weighted by Crippen LogP contribution is -2.46. The fourth-order valence-electron chi connectivity index (χ4n) is 3.90. The van der Waals surface area contributed by atoms with Crippen LogP contribution in [0.2, 0.25) is 0 Å². The van der Waals surface area contributed by atoms with Gasteiger partial charge >= 0.3 is 0 Å². The number of hydrogen-bond acceptors (Lipinski definition) is 7. The first-order valence-electron chi connectivity index (χ1n) is 10.8. The molecule has 1 aromatic heterocycles. The summed E-state index contributed by atoms with van der Waals surface area (Å²) >= 11 is 0. The van der Waals surface area contributed by atoms with E-state index in [2.05, 4.69) is 49.6 Å². The molecule has 8 nitrogen and oxygen atoms in total. The Kier molecular flexibility index (Phi) is 7.33. The highest BCUT2D eigenvalue weighted by atomic mass is 16.5. The molecule has 0 N–H and O–H groups in total. The minimum Gasteiger partial charge on any atom is -0.495 e. The maximum atomic E-state index is 5.95. The molecule has 0 atom stereocenters. The number of methoxy groups -OCH3 is 1. The number of benzene rings is 2. The molecule has 31 heavy (non-hydrogen) atoms. The summed E-state index contributed by atoms with van der Waals surface area (Å²) in [5, 5.41) is 11.2. The molecule has 0 amide bonds. The van der Waals surface area contributed by atoms with E-state index in [9.17, 15) is 0 Å². The summed E-state index contributed by atoms with van der Waals surface area (Å²) in [5.74, 6) is 1.85. The fraction of sp³-hybridized carbons (Fsp3) is 0.435. The molecule has 1 fully saturated rings. The van der Waals surface area contributed by atoms with Crippen LogP contribution in [-0.2, 0) is 6.54 Å². The van der Waals surface area contributed by atoms with Gasteiger partial charge in [0.2, 0.25) is 0 Å². The van der Waals surface area contributed by atoms with Crippen LogP contribution in [0.1, 0.15) is 18.4 Å². The molecule has 1 aliphatic rings. The van der Waals surface area contributed by atoms with Crippen molar-refractivity contribution < 1.29 is 9.47 Å². The van der Waals surface area contributed by atoms with Crippen LogP contribution in [0.3, 0.4) is 0 Å². The number of piperazine rings is 1. The van der Waals surface area contributed by atoms with Gasteiger partial charge in [0.25, 0.3) is 0 Å². The maximum absolute atomic E-state index is 5.95. The average Bonchev–Trinajstić information content (AvgIpc) is 3.32. The van der Waals surface area contributed by atoms with E-state index in [1.54, 1.807) is 18.1 Å². The first kappa shape index (κ1) is 21.1. The van der Waals surface area contributed by atoms with Crippen LogP contribution in [0.5, 0.6) is 11.5 Å². The Morgan fingerprint density at radius 1 is 0.968 bits per heavy atom. The fourth-order valence-corrected chi connectivity index (χ4v) is 3.90. The third-order valence-corrected chi connectivity index (χ3v) is 5.57. The lowest BCUT2D eigenvalue weighted by atomic mass is 10.2. The van der Waals surface area contributed by atoms with Gasteiger partial charge in [0.05, 0.1) is 25.9 Å². The van der Waals surface area contributed by atoms with E-state index in [1.165, 1.54) is 5.69 Å². The largest absolute Gasteiger partial charge is 0.495 e. The van der Waals surface area contributed by atoms with Crippen molar-refractivity contribution in [3.63, 3.8) is 0 Å². The molecule has 1 saturated heterocycles. The van der Waals surface area contributed by atoms with Crippen molar-refractivity contribution >= 4 is 5.69 Å². The van der Waals surface area contributed by atoms with Gasteiger partial charge in [-0.1, -0.05) is 24.3 Å². The van der Waals surface area contributed by atoms with Crippen LogP contribution < -0.4 is 14.4 Å². The number of hydrogen-bond donors (Lipinski definition) is 0. The number of ether oxygens (including phenoxy) is 2. The van der Waals surface area contributed by atoms with E-state index in [0.29, 0.717) is 6.54 Å². The Labute approximate surface area is 183 Å². The third kappa shape index (κ3) is 5.95. The summed E-state index contributed by atoms with van der Waals surface area (Å²) in [7, 11) is 1.74. The number of anilines is 1. The van der Waals surface area contributed by atoms with Gasteiger partial charge in [-0.25, -0.2) is 4.68 Å². The average molecular weight is 423 g/mol. The molecule has 2 heterocycles. The van der Waals surface area contributed by atoms with Gasteiger partial charge in [-0.05, 0) is 59.6 Å². The molecule has 0 bridgehead atoms. The quantitative estimate of drug-likeness (QED) is 0.465. The zero-order chi connectivity index (χ0) is 21.3. The highest BCUT2D eigenvalue weighted by Gasteiger charge is 2.19. The van der Waals surface area contributed by atoms with Gasteiger partial charge in [0.15, 0.2) is 0 Å². The summed E-state index contributed by atoms with van der Waals surface area (Å²) < 4.78 is 13.2. The van der Waals surface area contributed by atoms with Crippen LogP contribution in [0.15, 0.2) is 54.9 Å². The standard InChI is InChI=1S/C23H30N6O2/c1-30-23-10-3-2-9-22(23)28-14-12-27(13-15-28)11-4-5-16-31-21-8-6-7-20(17-21)18-29-19-24-25-26-29/h2-3,6-10,17,19H,4-5,11-16,18H2,1H3. The van der Waals surface area contributed by atoms with Crippen LogP contribution >= 0.6 is 0 Å². The molecule has 0 unspecified atom stereocenters. The monoisotopic (exact) mass is 422 g/mol. The summed E-state index contributed by atoms with van der Waals surface area (Å²) in [6, 6.07) is 16.4. The minimum atomic E-state index is 0.644. The molecule has 0 radical (unpaired) electrons. The Bertz CT molecular complexity index is 925. The Balaban J connectivity index is 1.14. The molecule has 0 aliphatic carbocycles. The minimum absolute atomic E-state index is 0.644. The second kappa shape index (κ2) is 10.8. The lowest BCUT2D eigenvalue weighted by molar-refractivity contribution is 0.238. The predicted octanol–water partition coefficient (Wildman–Crippen LogP) is 2.71. The van der Waals surface area contributed by atoms with Crippen LogP contribution in [0, 0.1) is 0 Å². The molecule has 164 valence electrons. The molecule has 1 aliphatic heterocycles. The first-order valence-corrected chi connectivity index (χ1v) is 10.8. The van der Waals surface area contributed by atoms with Crippen molar-refractivity contribution in [1.29, 1.82) is 0 Å². The number of aromatic nitrogens is 4. The normalized spacial score (nSPS) is 14.5. The van der Waals surface area contributed by atoms with Crippen molar-refractivity contribution in [2.75, 3.05) is 51.3 Å². The van der Waals surface area contributed by atoms with Gasteiger partial charge in [0, 0.05) is 26.2 Å². The van der Waals surface area contributed by atoms with E-state index in [1.807, 2.05) is 24.3 Å². The molecule has 3 aromatic rings. The van der Waals surface area contributed by atoms with E-state index >= 15 is 0 Å². The molecular weight excluding hydrogens is 392 g/mol. The first-order chi connectivity index (χ1) is 15.3. The lowest BCUT2D eigenvalue weighted by Gasteiger charge is -2.36. The third-order valence-electron chi connectivity index (χ3n) is 5.57. The van der Waals surface area contributed by atoms with Crippen LogP contribution in [0.25, 0.3) is 0 Å². The number of unbranched alkanes of at least 4 members (excludes halogenated alkanes) is 1. The molecule has 8 heteroatoms. The summed E-state index contributed by atoms with van der Waals surface area (Å²) in [5.41, 5.74) is 2.32. The van der Waals surface area contributed by atoms with Gasteiger partial charge in [0.1, 0.15) is 17.8 Å². The zero-order valence-electron chi connectivity index (χ0n) is 18.1. The van der Waals surface area contributed by atoms with E-state index in [0.717, 1.165) is 69.2 Å². The smallest absolute Gasteiger partial charge is 0.142 e. The molecule has 0 spiro atoms. The Morgan fingerprint density at radius 2 is 1.84 bits per heavy atom. The number of nitrogens with zero attached hydrogens (tertiary/aromatic N) is 6. The van der Waals surface area contributed by atoms with Crippen molar-refractivity contribution in [1.82, 2.24) is 25.1 Å². The van der Waals surface area contributed by atoms with Gasteiger partial charge in [-0.3, -0.25) is 4.90 Å². The number of tetrazole rings is 1. The number of rotatable bonds is 10. The van der Waals surface area contributed by atoms with Crippen molar-refractivity contribution in [3.05, 3.63) is 60.4 Å². The molecular formula is C23H30N6O2. The predicted molar refractivity (Wildman–Crippen MR) is 120 cm³/mol. The Hall–Kier alpha value is -3.13. The summed E-state index contributed by atoms with van der Waals surface area (Å²) in [6.07, 6.45) is 3.80. The van der Waals surface area contributed by atoms with Crippen LogP contribution in [-0.4, -0.2) is 71.5 Å². The topological polar surface area (TPSA) is 68.5 Å². The molecule has 2 aromatic carbocycles. The van der Waals surface area contributed by atoms with Crippen molar-refractivity contribution in [3.8, 4) is 11.5 Å². The second-order valence-electron chi connectivity index (χ2n) is 7.71. The van der Waals surface area contributed by atoms with Crippen LogP contribution in [0.4, 0.5) is 5.69 Å². The highest BCUT2D eigenvalue weighted by molar-refractivity contribution is 5.58. The Morgan fingerprint density at radius 3 is 2.65 bits per heavy atom. The maximum Gasteiger partial charge on any atom is 0.142 e. The van der Waals surface area contributed by atoms with E-state index in [4.69, 9.17) is 9.47 Å². The molecule has 0 saturated carbocycles. The van der Waals surface area contributed by atoms with Gasteiger partial charge in [-0.2, -0.15) is 0 Å². The van der Waals surface area contributed by atoms with E-state index < -0.39 is 0 Å². The van der Waals surface area contributed by atoms with E-state index in [-0.39, 0.29) is 0 Å². The summed E-state index contributed by atoms with van der Waals surface area (Å²) in [6.45, 7) is 6.72. The second-order valence-corrected chi connectivity index (χ2v) is 7.71. The zero-order valence-corrected chi connectivity index (χ0v) is 18.1. The summed E-state index contributed by atoms with van der Waals surface area (Å²) in [4.78, 5) is 4.96. The van der Waals surface area contributed by atoms with Crippen molar-refractivity contribution in [2.24, 2.45) is 0 Å². The van der Waals surface area contributed by atoms with Gasteiger partial charge < -0.3 is 14.4 Å². The highest BCUT2D eigenvalue weighted by Crippen LogP contribution is 2.28. The van der Waals surface area contributed by atoms with Gasteiger partial charge in [-0.15, -0.1) is 5.10 Å².